The van der Waals surface area contributed by atoms with Crippen molar-refractivity contribution in [1.29, 1.82) is 0 Å². The quantitative estimate of drug-likeness (QED) is 0.426. The van der Waals surface area contributed by atoms with Crippen molar-refractivity contribution in [3.63, 3.8) is 0 Å². The van der Waals surface area contributed by atoms with Gasteiger partial charge in [-0.05, 0) is 73.4 Å². The zero-order chi connectivity index (χ0) is 24.0. The summed E-state index contributed by atoms with van der Waals surface area (Å²) in [5.74, 6) is 0.649. The van der Waals surface area contributed by atoms with E-state index in [1.165, 1.54) is 12.1 Å². The number of aryl methyl sites for hydroxylation is 1. The van der Waals surface area contributed by atoms with Crippen LogP contribution in [0.2, 0.25) is 0 Å². The van der Waals surface area contributed by atoms with E-state index in [4.69, 9.17) is 9.47 Å². The Morgan fingerprint density at radius 3 is 2.21 bits per heavy atom. The first kappa shape index (κ1) is 24.3. The fourth-order valence-corrected chi connectivity index (χ4v) is 4.83. The number of rotatable bonds is 9. The largest absolute Gasteiger partial charge is 0.494 e. The monoisotopic (exact) mass is 467 g/mol. The molecule has 0 fully saturated rings. The second-order valence-electron chi connectivity index (χ2n) is 7.89. The standard InChI is InChI=1S/C26H29NO5S/c1-5-31-22-14-12-21(13-15-22)27(33(29,30)23-9-7-6-8-10-23)26(28)18-32-25-17-20(4)11-16-24(25)19(2)3/h6-17,19H,5,18H2,1-4H3. The molecule has 0 aliphatic heterocycles. The van der Waals surface area contributed by atoms with Crippen molar-refractivity contribution in [2.75, 3.05) is 17.5 Å². The molecule has 0 bridgehead atoms. The molecule has 0 saturated heterocycles. The average molecular weight is 468 g/mol. The minimum Gasteiger partial charge on any atom is -0.494 e. The van der Waals surface area contributed by atoms with Crippen molar-refractivity contribution in [1.82, 2.24) is 0 Å². The van der Waals surface area contributed by atoms with Crippen molar-refractivity contribution < 1.29 is 22.7 Å². The third kappa shape index (κ3) is 5.73. The van der Waals surface area contributed by atoms with E-state index in [1.807, 2.05) is 45.9 Å². The summed E-state index contributed by atoms with van der Waals surface area (Å²) < 4.78 is 39.0. The molecule has 3 rings (SSSR count). The zero-order valence-electron chi connectivity index (χ0n) is 19.3. The number of anilines is 1. The first-order valence-corrected chi connectivity index (χ1v) is 12.3. The maximum Gasteiger partial charge on any atom is 0.278 e. The smallest absolute Gasteiger partial charge is 0.278 e. The second-order valence-corrected chi connectivity index (χ2v) is 9.67. The summed E-state index contributed by atoms with van der Waals surface area (Å²) in [6.45, 7) is 7.91. The number of ether oxygens (including phenoxy) is 2. The van der Waals surface area contributed by atoms with Crippen LogP contribution in [0, 0.1) is 6.92 Å². The molecule has 0 heterocycles. The van der Waals surface area contributed by atoms with Crippen LogP contribution in [0.1, 0.15) is 37.8 Å². The highest BCUT2D eigenvalue weighted by Crippen LogP contribution is 2.29. The van der Waals surface area contributed by atoms with Gasteiger partial charge in [0.2, 0.25) is 0 Å². The van der Waals surface area contributed by atoms with Crippen molar-refractivity contribution in [2.24, 2.45) is 0 Å². The molecule has 174 valence electrons. The lowest BCUT2D eigenvalue weighted by atomic mass is 10.0. The van der Waals surface area contributed by atoms with Gasteiger partial charge in [-0.15, -0.1) is 0 Å². The molecule has 0 radical (unpaired) electrons. The Bertz CT molecular complexity index is 1190. The van der Waals surface area contributed by atoms with Gasteiger partial charge in [-0.1, -0.05) is 44.2 Å². The maximum absolute atomic E-state index is 13.4. The highest BCUT2D eigenvalue weighted by molar-refractivity contribution is 7.93. The van der Waals surface area contributed by atoms with Crippen molar-refractivity contribution >= 4 is 21.6 Å². The van der Waals surface area contributed by atoms with Crippen LogP contribution in [0.5, 0.6) is 11.5 Å². The molecule has 0 atom stereocenters. The van der Waals surface area contributed by atoms with Crippen LogP contribution in [0.3, 0.4) is 0 Å². The van der Waals surface area contributed by atoms with Crippen molar-refractivity contribution in [2.45, 2.75) is 38.5 Å². The number of sulfonamides is 1. The first-order chi connectivity index (χ1) is 15.7. The summed E-state index contributed by atoms with van der Waals surface area (Å²) in [6.07, 6.45) is 0. The fraction of sp³-hybridized carbons (Fsp3) is 0.269. The Balaban J connectivity index is 1.96. The van der Waals surface area contributed by atoms with E-state index in [-0.39, 0.29) is 16.5 Å². The Kier molecular flexibility index (Phi) is 7.76. The van der Waals surface area contributed by atoms with Crippen LogP contribution in [0.4, 0.5) is 5.69 Å². The number of carbonyl (C=O) groups is 1. The highest BCUT2D eigenvalue weighted by Gasteiger charge is 2.31. The van der Waals surface area contributed by atoms with Gasteiger partial charge in [0.1, 0.15) is 11.5 Å². The summed E-state index contributed by atoms with van der Waals surface area (Å²) in [5, 5.41) is 0. The number of hydrogen-bond donors (Lipinski definition) is 0. The molecule has 0 aliphatic rings. The molecule has 0 spiro atoms. The fourth-order valence-electron chi connectivity index (χ4n) is 3.40. The minimum atomic E-state index is -4.15. The lowest BCUT2D eigenvalue weighted by Crippen LogP contribution is -2.40. The Labute approximate surface area is 195 Å². The van der Waals surface area contributed by atoms with Gasteiger partial charge in [-0.25, -0.2) is 8.42 Å². The topological polar surface area (TPSA) is 72.9 Å². The number of carbonyl (C=O) groups excluding carboxylic acids is 1. The van der Waals surface area contributed by atoms with Crippen LogP contribution >= 0.6 is 0 Å². The van der Waals surface area contributed by atoms with Crippen LogP contribution in [0.25, 0.3) is 0 Å². The molecule has 33 heavy (non-hydrogen) atoms. The highest BCUT2D eigenvalue weighted by atomic mass is 32.2. The van der Waals surface area contributed by atoms with E-state index in [0.29, 0.717) is 18.1 Å². The summed E-state index contributed by atoms with van der Waals surface area (Å²) in [7, 11) is -4.15. The molecule has 6 nitrogen and oxygen atoms in total. The molecular formula is C26H29NO5S. The van der Waals surface area contributed by atoms with Gasteiger partial charge in [-0.2, -0.15) is 4.31 Å². The molecule has 7 heteroatoms. The number of nitrogens with zero attached hydrogens (tertiary/aromatic N) is 1. The molecule has 3 aromatic carbocycles. The van der Waals surface area contributed by atoms with E-state index in [9.17, 15) is 13.2 Å². The second kappa shape index (κ2) is 10.5. The molecule has 1 amide bonds. The number of benzene rings is 3. The van der Waals surface area contributed by atoms with E-state index < -0.39 is 22.5 Å². The van der Waals surface area contributed by atoms with Crippen LogP contribution < -0.4 is 13.8 Å². The van der Waals surface area contributed by atoms with E-state index in [2.05, 4.69) is 0 Å². The van der Waals surface area contributed by atoms with Gasteiger partial charge in [0.05, 0.1) is 17.2 Å². The molecule has 0 aliphatic carbocycles. The molecule has 0 saturated carbocycles. The Morgan fingerprint density at radius 2 is 1.61 bits per heavy atom. The average Bonchev–Trinajstić information content (AvgIpc) is 2.79. The zero-order valence-corrected chi connectivity index (χ0v) is 20.1. The van der Waals surface area contributed by atoms with E-state index >= 15 is 0 Å². The predicted octanol–water partition coefficient (Wildman–Crippen LogP) is 5.32. The Morgan fingerprint density at radius 1 is 0.939 bits per heavy atom. The first-order valence-electron chi connectivity index (χ1n) is 10.8. The predicted molar refractivity (Wildman–Crippen MR) is 129 cm³/mol. The minimum absolute atomic E-state index is 0.0191. The molecule has 0 N–H and O–H groups in total. The molecule has 0 unspecified atom stereocenters. The lowest BCUT2D eigenvalue weighted by molar-refractivity contribution is -0.119. The number of amides is 1. The van der Waals surface area contributed by atoms with Gasteiger partial charge >= 0.3 is 0 Å². The molecule has 0 aromatic heterocycles. The van der Waals surface area contributed by atoms with Crippen LogP contribution in [-0.4, -0.2) is 27.5 Å². The van der Waals surface area contributed by atoms with Gasteiger partial charge in [-0.3, -0.25) is 4.79 Å². The normalized spacial score (nSPS) is 11.3. The third-order valence-corrected chi connectivity index (χ3v) is 6.80. The van der Waals surface area contributed by atoms with Gasteiger partial charge < -0.3 is 9.47 Å². The van der Waals surface area contributed by atoms with Crippen molar-refractivity contribution in [3.8, 4) is 11.5 Å². The number of hydrogen-bond acceptors (Lipinski definition) is 5. The Hall–Kier alpha value is -3.32. The van der Waals surface area contributed by atoms with Crippen LogP contribution in [0.15, 0.2) is 77.7 Å². The summed E-state index contributed by atoms with van der Waals surface area (Å²) in [5.41, 5.74) is 2.15. The van der Waals surface area contributed by atoms with Gasteiger partial charge in [0.15, 0.2) is 6.61 Å². The third-order valence-electron chi connectivity index (χ3n) is 5.03. The van der Waals surface area contributed by atoms with E-state index in [1.54, 1.807) is 42.5 Å². The summed E-state index contributed by atoms with van der Waals surface area (Å²) in [6, 6.07) is 20.1. The SMILES string of the molecule is CCOc1ccc(N(C(=O)COc2cc(C)ccc2C(C)C)S(=O)(=O)c2ccccc2)cc1. The molecule has 3 aromatic rings. The summed E-state index contributed by atoms with van der Waals surface area (Å²) >= 11 is 0. The van der Waals surface area contributed by atoms with Crippen molar-refractivity contribution in [3.05, 3.63) is 83.9 Å². The lowest BCUT2D eigenvalue weighted by Gasteiger charge is -2.23. The molecular weight excluding hydrogens is 438 g/mol. The van der Waals surface area contributed by atoms with Crippen LogP contribution in [-0.2, 0) is 14.8 Å². The maximum atomic E-state index is 13.4. The summed E-state index contributed by atoms with van der Waals surface area (Å²) in [4.78, 5) is 13.3. The van der Waals surface area contributed by atoms with Gasteiger partial charge in [0.25, 0.3) is 15.9 Å². The van der Waals surface area contributed by atoms with E-state index in [0.717, 1.165) is 15.4 Å². The van der Waals surface area contributed by atoms with Gasteiger partial charge in [0, 0.05) is 0 Å².